The van der Waals surface area contributed by atoms with Crippen LogP contribution in [0.1, 0.15) is 35.7 Å². The Kier molecular flexibility index (Phi) is 7.36. The van der Waals surface area contributed by atoms with Gasteiger partial charge in [-0.3, -0.25) is 9.59 Å². The number of nitrogens with zero attached hydrogens (tertiary/aromatic N) is 1. The number of rotatable bonds is 7. The maximum absolute atomic E-state index is 12.8. The lowest BCUT2D eigenvalue weighted by atomic mass is 10.1. The number of carbonyl (C=O) groups is 2. The molecule has 0 saturated carbocycles. The Balaban J connectivity index is 1.69. The zero-order chi connectivity index (χ0) is 21.5. The van der Waals surface area contributed by atoms with E-state index < -0.39 is 0 Å². The number of nitrogens with one attached hydrogen (secondary N) is 1. The molecular weight excluding hydrogens is 404 g/mol. The van der Waals surface area contributed by atoms with Crippen LogP contribution in [0.2, 0.25) is 5.02 Å². The van der Waals surface area contributed by atoms with Crippen LogP contribution in [0.3, 0.4) is 0 Å². The van der Waals surface area contributed by atoms with Crippen molar-refractivity contribution in [2.45, 2.75) is 19.8 Å². The van der Waals surface area contributed by atoms with Gasteiger partial charge in [-0.2, -0.15) is 0 Å². The smallest absolute Gasteiger partial charge is 0.262 e. The molecule has 7 heteroatoms. The molecule has 0 unspecified atom stereocenters. The number of benzene rings is 2. The molecule has 6 nitrogen and oxygen atoms in total. The van der Waals surface area contributed by atoms with Gasteiger partial charge in [0.15, 0.2) is 18.1 Å². The zero-order valence-electron chi connectivity index (χ0n) is 17.1. The summed E-state index contributed by atoms with van der Waals surface area (Å²) in [6.45, 7) is 3.13. The summed E-state index contributed by atoms with van der Waals surface area (Å²) in [5.41, 5.74) is 1.77. The first-order chi connectivity index (χ1) is 14.5. The van der Waals surface area contributed by atoms with Gasteiger partial charge in [-0.1, -0.05) is 29.8 Å². The minimum Gasteiger partial charge on any atom is -0.493 e. The van der Waals surface area contributed by atoms with Gasteiger partial charge in [0.05, 0.1) is 18.4 Å². The highest BCUT2D eigenvalue weighted by molar-refractivity contribution is 6.31. The number of ether oxygens (including phenoxy) is 2. The van der Waals surface area contributed by atoms with E-state index in [4.69, 9.17) is 21.1 Å². The quantitative estimate of drug-likeness (QED) is 0.697. The summed E-state index contributed by atoms with van der Waals surface area (Å²) in [4.78, 5) is 27.1. The fourth-order valence-electron chi connectivity index (χ4n) is 3.32. The molecule has 0 aromatic heterocycles. The predicted octanol–water partition coefficient (Wildman–Crippen LogP) is 4.64. The summed E-state index contributed by atoms with van der Waals surface area (Å²) in [6, 6.07) is 10.3. The largest absolute Gasteiger partial charge is 0.493 e. The Hall–Kier alpha value is -2.99. The van der Waals surface area contributed by atoms with Crippen LogP contribution >= 0.6 is 11.6 Å². The molecule has 1 heterocycles. The number of likely N-dealkylation sites (tertiary alicyclic amines) is 1. The van der Waals surface area contributed by atoms with Crippen LogP contribution in [-0.4, -0.2) is 43.5 Å². The maximum Gasteiger partial charge on any atom is 0.262 e. The van der Waals surface area contributed by atoms with E-state index in [0.29, 0.717) is 40.9 Å². The van der Waals surface area contributed by atoms with Crippen LogP contribution in [0.25, 0.3) is 6.08 Å². The first-order valence-electron chi connectivity index (χ1n) is 9.84. The van der Waals surface area contributed by atoms with E-state index in [9.17, 15) is 9.59 Å². The number of methoxy groups -OCH3 is 1. The van der Waals surface area contributed by atoms with E-state index in [1.165, 1.54) is 0 Å². The van der Waals surface area contributed by atoms with Crippen molar-refractivity contribution in [2.24, 2.45) is 0 Å². The summed E-state index contributed by atoms with van der Waals surface area (Å²) in [7, 11) is 1.55. The van der Waals surface area contributed by atoms with Crippen molar-refractivity contribution in [3.63, 3.8) is 0 Å². The number of halogens is 1. The maximum atomic E-state index is 12.8. The molecule has 0 radical (unpaired) electrons. The minimum absolute atomic E-state index is 0.132. The number of hydrogen-bond donors (Lipinski definition) is 1. The van der Waals surface area contributed by atoms with Crippen LogP contribution in [-0.2, 0) is 4.79 Å². The fourth-order valence-corrected chi connectivity index (χ4v) is 3.49. The van der Waals surface area contributed by atoms with Crippen molar-refractivity contribution in [3.05, 3.63) is 58.6 Å². The van der Waals surface area contributed by atoms with Crippen LogP contribution in [0, 0.1) is 0 Å². The SMILES string of the molecule is C/C=C/c1ccc(OCC(=O)Nc2ccc(Cl)cc2C(=O)N2CCCC2)c(OC)c1. The van der Waals surface area contributed by atoms with Crippen molar-refractivity contribution < 1.29 is 19.1 Å². The fraction of sp³-hybridized carbons (Fsp3) is 0.304. The lowest BCUT2D eigenvalue weighted by Crippen LogP contribution is -2.29. The molecule has 3 rings (SSSR count). The van der Waals surface area contributed by atoms with Gasteiger partial charge in [0.2, 0.25) is 0 Å². The molecule has 1 fully saturated rings. The van der Waals surface area contributed by atoms with Gasteiger partial charge < -0.3 is 19.7 Å². The van der Waals surface area contributed by atoms with Crippen LogP contribution in [0.4, 0.5) is 5.69 Å². The predicted molar refractivity (Wildman–Crippen MR) is 118 cm³/mol. The Morgan fingerprint density at radius 1 is 1.13 bits per heavy atom. The van der Waals surface area contributed by atoms with E-state index in [-0.39, 0.29) is 18.4 Å². The highest BCUT2D eigenvalue weighted by Gasteiger charge is 2.23. The Morgan fingerprint density at radius 2 is 1.90 bits per heavy atom. The molecule has 0 bridgehead atoms. The molecule has 2 aromatic rings. The topological polar surface area (TPSA) is 67.9 Å². The lowest BCUT2D eigenvalue weighted by Gasteiger charge is -2.18. The number of allylic oxidation sites excluding steroid dienone is 1. The van der Waals surface area contributed by atoms with E-state index in [1.807, 2.05) is 31.2 Å². The minimum atomic E-state index is -0.382. The highest BCUT2D eigenvalue weighted by atomic mass is 35.5. The first kappa shape index (κ1) is 21.7. The number of carbonyl (C=O) groups excluding carboxylic acids is 2. The molecule has 0 aliphatic carbocycles. The van der Waals surface area contributed by atoms with Crippen LogP contribution in [0.15, 0.2) is 42.5 Å². The molecule has 2 amide bonds. The Morgan fingerprint density at radius 3 is 2.60 bits per heavy atom. The monoisotopic (exact) mass is 428 g/mol. The van der Waals surface area contributed by atoms with Gasteiger partial charge in [-0.05, 0) is 55.7 Å². The van der Waals surface area contributed by atoms with Crippen molar-refractivity contribution in [3.8, 4) is 11.5 Å². The van der Waals surface area contributed by atoms with Gasteiger partial charge in [0.25, 0.3) is 11.8 Å². The summed E-state index contributed by atoms with van der Waals surface area (Å²) in [6.07, 6.45) is 5.83. The molecule has 1 aliphatic heterocycles. The van der Waals surface area contributed by atoms with Crippen molar-refractivity contribution in [2.75, 3.05) is 32.1 Å². The summed E-state index contributed by atoms with van der Waals surface area (Å²) < 4.78 is 11.0. The molecule has 0 spiro atoms. The van der Waals surface area contributed by atoms with Gasteiger partial charge >= 0.3 is 0 Å². The van der Waals surface area contributed by atoms with Gasteiger partial charge in [0.1, 0.15) is 0 Å². The molecule has 158 valence electrons. The second-order valence-corrected chi connectivity index (χ2v) is 7.37. The first-order valence-corrected chi connectivity index (χ1v) is 10.2. The Labute approximate surface area is 181 Å². The highest BCUT2D eigenvalue weighted by Crippen LogP contribution is 2.29. The standard InChI is InChI=1S/C23H25ClN2O4/c1-3-6-16-7-10-20(21(13-16)29-2)30-15-22(27)25-19-9-8-17(24)14-18(19)23(28)26-11-4-5-12-26/h3,6-10,13-14H,4-5,11-12,15H2,1-2H3,(H,25,27)/b6-3+. The average molecular weight is 429 g/mol. The second kappa shape index (κ2) is 10.2. The third-order valence-electron chi connectivity index (χ3n) is 4.78. The Bertz CT molecular complexity index is 952. The van der Waals surface area contributed by atoms with Gasteiger partial charge in [0, 0.05) is 18.1 Å². The number of amides is 2. The molecule has 1 saturated heterocycles. The van der Waals surface area contributed by atoms with Gasteiger partial charge in [-0.25, -0.2) is 0 Å². The van der Waals surface area contributed by atoms with E-state index in [0.717, 1.165) is 18.4 Å². The third kappa shape index (κ3) is 5.33. The summed E-state index contributed by atoms with van der Waals surface area (Å²) in [5, 5.41) is 3.20. The van der Waals surface area contributed by atoms with Crippen molar-refractivity contribution in [1.82, 2.24) is 4.90 Å². The van der Waals surface area contributed by atoms with Gasteiger partial charge in [-0.15, -0.1) is 0 Å². The zero-order valence-corrected chi connectivity index (χ0v) is 17.9. The van der Waals surface area contributed by atoms with Crippen molar-refractivity contribution in [1.29, 1.82) is 0 Å². The summed E-state index contributed by atoms with van der Waals surface area (Å²) in [5.74, 6) is 0.486. The third-order valence-corrected chi connectivity index (χ3v) is 5.02. The summed E-state index contributed by atoms with van der Waals surface area (Å²) >= 11 is 6.09. The van der Waals surface area contributed by atoms with E-state index >= 15 is 0 Å². The van der Waals surface area contributed by atoms with Crippen molar-refractivity contribution >= 4 is 35.2 Å². The van der Waals surface area contributed by atoms with Crippen LogP contribution < -0.4 is 14.8 Å². The molecular formula is C23H25ClN2O4. The molecule has 1 N–H and O–H groups in total. The molecule has 1 aliphatic rings. The molecule has 0 atom stereocenters. The molecule has 2 aromatic carbocycles. The lowest BCUT2D eigenvalue weighted by molar-refractivity contribution is -0.118. The average Bonchev–Trinajstić information content (AvgIpc) is 3.28. The van der Waals surface area contributed by atoms with Crippen LogP contribution in [0.5, 0.6) is 11.5 Å². The number of anilines is 1. The number of hydrogen-bond acceptors (Lipinski definition) is 4. The second-order valence-electron chi connectivity index (χ2n) is 6.94. The normalized spacial score (nSPS) is 13.5. The molecule has 30 heavy (non-hydrogen) atoms. The van der Waals surface area contributed by atoms with E-state index in [2.05, 4.69) is 5.32 Å². The van der Waals surface area contributed by atoms with E-state index in [1.54, 1.807) is 36.3 Å².